The molecule has 0 aliphatic rings. The first kappa shape index (κ1) is 17.0. The second kappa shape index (κ2) is 6.97. The van der Waals surface area contributed by atoms with Gasteiger partial charge in [-0.15, -0.1) is 0 Å². The van der Waals surface area contributed by atoms with Gasteiger partial charge >= 0.3 is 0 Å². The van der Waals surface area contributed by atoms with Crippen molar-refractivity contribution in [2.75, 3.05) is 20.6 Å². The molecule has 3 aromatic rings. The van der Waals surface area contributed by atoms with Gasteiger partial charge in [0.25, 0.3) is 5.91 Å². The molecule has 0 bridgehead atoms. The molecule has 24 heavy (non-hydrogen) atoms. The molecule has 6 heteroatoms. The number of aryl methyl sites for hydroxylation is 1. The second-order valence-corrected chi connectivity index (χ2v) is 7.11. The van der Waals surface area contributed by atoms with Crippen molar-refractivity contribution in [3.63, 3.8) is 0 Å². The van der Waals surface area contributed by atoms with Crippen molar-refractivity contribution in [3.05, 3.63) is 56.9 Å². The van der Waals surface area contributed by atoms with Crippen molar-refractivity contribution in [1.82, 2.24) is 10.2 Å². The molecule has 2 heterocycles. The van der Waals surface area contributed by atoms with E-state index in [1.807, 2.05) is 38.5 Å². The minimum atomic E-state index is -0.221. The zero-order chi connectivity index (χ0) is 17.3. The van der Waals surface area contributed by atoms with Gasteiger partial charge in [-0.2, -0.15) is 11.3 Å². The number of fused-ring (bicyclic) bond motifs is 1. The number of thiophene rings is 1. The maximum absolute atomic E-state index is 12.6. The highest BCUT2D eigenvalue weighted by Crippen LogP contribution is 2.30. The van der Waals surface area contributed by atoms with Gasteiger partial charge in [-0.25, -0.2) is 0 Å². The molecular weight excluding hydrogens is 344 g/mol. The first-order chi connectivity index (χ1) is 11.5. The largest absolute Gasteiger partial charge is 0.449 e. The maximum atomic E-state index is 12.6. The Balaban J connectivity index is 1.80. The Kier molecular flexibility index (Phi) is 4.94. The fourth-order valence-electron chi connectivity index (χ4n) is 2.76. The molecule has 0 saturated carbocycles. The Labute approximate surface area is 150 Å². The van der Waals surface area contributed by atoms with Crippen molar-refractivity contribution >= 4 is 39.8 Å². The van der Waals surface area contributed by atoms with Gasteiger partial charge in [-0.05, 0) is 49.5 Å². The monoisotopic (exact) mass is 362 g/mol. The average Bonchev–Trinajstić information content (AvgIpc) is 3.17. The third kappa shape index (κ3) is 3.20. The van der Waals surface area contributed by atoms with E-state index < -0.39 is 0 Å². The smallest absolute Gasteiger partial charge is 0.287 e. The fraction of sp³-hybridized carbons (Fsp3) is 0.278. The molecule has 1 atom stereocenters. The van der Waals surface area contributed by atoms with Crippen LogP contribution in [-0.2, 0) is 0 Å². The summed E-state index contributed by atoms with van der Waals surface area (Å²) in [5, 5.41) is 8.50. The van der Waals surface area contributed by atoms with Crippen LogP contribution >= 0.6 is 22.9 Å². The van der Waals surface area contributed by atoms with E-state index >= 15 is 0 Å². The molecular formula is C18H19ClN2O2S. The highest BCUT2D eigenvalue weighted by Gasteiger charge is 2.21. The molecule has 0 aliphatic carbocycles. The van der Waals surface area contributed by atoms with Gasteiger partial charge in [0, 0.05) is 17.5 Å². The first-order valence-electron chi connectivity index (χ1n) is 7.63. The highest BCUT2D eigenvalue weighted by atomic mass is 35.5. The highest BCUT2D eigenvalue weighted by molar-refractivity contribution is 7.07. The Morgan fingerprint density at radius 1 is 1.38 bits per heavy atom. The van der Waals surface area contributed by atoms with E-state index in [1.165, 1.54) is 5.56 Å². The van der Waals surface area contributed by atoms with Gasteiger partial charge in [0.05, 0.1) is 11.1 Å². The van der Waals surface area contributed by atoms with Crippen LogP contribution in [0.4, 0.5) is 0 Å². The van der Waals surface area contributed by atoms with Crippen molar-refractivity contribution in [1.29, 1.82) is 0 Å². The number of likely N-dealkylation sites (N-methyl/N-ethyl adjacent to an activating group) is 1. The Morgan fingerprint density at radius 2 is 2.17 bits per heavy atom. The summed E-state index contributed by atoms with van der Waals surface area (Å²) < 4.78 is 5.72. The van der Waals surface area contributed by atoms with Gasteiger partial charge < -0.3 is 14.6 Å². The second-order valence-electron chi connectivity index (χ2n) is 5.92. The zero-order valence-electron chi connectivity index (χ0n) is 13.8. The van der Waals surface area contributed by atoms with E-state index in [0.717, 1.165) is 10.9 Å². The van der Waals surface area contributed by atoms with E-state index in [1.54, 1.807) is 17.4 Å². The quantitative estimate of drug-likeness (QED) is 0.727. The lowest BCUT2D eigenvalue weighted by molar-refractivity contribution is 0.0915. The number of rotatable bonds is 5. The average molecular weight is 363 g/mol. The molecule has 0 radical (unpaired) electrons. The molecule has 126 valence electrons. The number of carbonyl (C=O) groups excluding carboxylic acids is 1. The van der Waals surface area contributed by atoms with Crippen LogP contribution in [0.1, 0.15) is 27.7 Å². The summed E-state index contributed by atoms with van der Waals surface area (Å²) >= 11 is 7.80. The van der Waals surface area contributed by atoms with Gasteiger partial charge in [-0.1, -0.05) is 23.7 Å². The summed E-state index contributed by atoms with van der Waals surface area (Å²) in [4.78, 5) is 14.7. The third-order valence-corrected chi connectivity index (χ3v) is 5.13. The number of nitrogens with one attached hydrogen (secondary N) is 1. The lowest BCUT2D eigenvalue weighted by Gasteiger charge is -2.23. The number of furan rings is 1. The van der Waals surface area contributed by atoms with Crippen LogP contribution in [0, 0.1) is 6.92 Å². The van der Waals surface area contributed by atoms with E-state index in [4.69, 9.17) is 16.0 Å². The zero-order valence-corrected chi connectivity index (χ0v) is 15.4. The Hall–Kier alpha value is -1.82. The van der Waals surface area contributed by atoms with E-state index in [-0.39, 0.29) is 11.9 Å². The van der Waals surface area contributed by atoms with Crippen LogP contribution < -0.4 is 5.32 Å². The van der Waals surface area contributed by atoms with Crippen LogP contribution in [0.3, 0.4) is 0 Å². The summed E-state index contributed by atoms with van der Waals surface area (Å²) in [6.45, 7) is 2.38. The van der Waals surface area contributed by atoms with Gasteiger partial charge in [0.1, 0.15) is 0 Å². The number of para-hydroxylation sites is 1. The standard InChI is InChI=1S/C18H19ClN2O2S/c1-11-13-5-4-6-14(19)17(13)23-16(11)18(22)20-9-15(21(2)3)12-7-8-24-10-12/h4-8,10,15H,9H2,1-3H3,(H,20,22). The van der Waals surface area contributed by atoms with E-state index in [9.17, 15) is 4.79 Å². The number of nitrogens with zero attached hydrogens (tertiary/aromatic N) is 1. The van der Waals surface area contributed by atoms with Crippen LogP contribution in [0.15, 0.2) is 39.4 Å². The first-order valence-corrected chi connectivity index (χ1v) is 8.95. The van der Waals surface area contributed by atoms with Crippen LogP contribution in [0.5, 0.6) is 0 Å². The molecule has 0 spiro atoms. The summed E-state index contributed by atoms with van der Waals surface area (Å²) in [6, 6.07) is 7.72. The van der Waals surface area contributed by atoms with Crippen molar-refractivity contribution in [3.8, 4) is 0 Å². The molecule has 2 aromatic heterocycles. The van der Waals surface area contributed by atoms with Crippen molar-refractivity contribution in [2.45, 2.75) is 13.0 Å². The molecule has 3 rings (SSSR count). The van der Waals surface area contributed by atoms with Gasteiger partial charge in [0.2, 0.25) is 0 Å². The summed E-state index contributed by atoms with van der Waals surface area (Å²) in [7, 11) is 4.00. The molecule has 4 nitrogen and oxygen atoms in total. The molecule has 1 N–H and O–H groups in total. The number of benzene rings is 1. The summed E-state index contributed by atoms with van der Waals surface area (Å²) in [5.74, 6) is 0.0998. The molecule has 0 saturated heterocycles. The lowest BCUT2D eigenvalue weighted by atomic mass is 10.1. The normalized spacial score (nSPS) is 12.7. The predicted molar refractivity (Wildman–Crippen MR) is 99.0 cm³/mol. The van der Waals surface area contributed by atoms with E-state index in [2.05, 4.69) is 21.7 Å². The van der Waals surface area contributed by atoms with Crippen LogP contribution in [0.2, 0.25) is 5.02 Å². The van der Waals surface area contributed by atoms with Crippen molar-refractivity contribution in [2.24, 2.45) is 0 Å². The summed E-state index contributed by atoms with van der Waals surface area (Å²) in [6.07, 6.45) is 0. The van der Waals surface area contributed by atoms with Crippen LogP contribution in [-0.4, -0.2) is 31.4 Å². The molecule has 1 amide bonds. The van der Waals surface area contributed by atoms with E-state index in [0.29, 0.717) is 22.9 Å². The number of carbonyl (C=O) groups is 1. The minimum absolute atomic E-state index is 0.119. The topological polar surface area (TPSA) is 45.5 Å². The Morgan fingerprint density at radius 3 is 2.79 bits per heavy atom. The fourth-order valence-corrected chi connectivity index (χ4v) is 3.68. The van der Waals surface area contributed by atoms with Gasteiger partial charge in [0.15, 0.2) is 11.3 Å². The maximum Gasteiger partial charge on any atom is 0.287 e. The molecule has 0 fully saturated rings. The third-order valence-electron chi connectivity index (χ3n) is 4.13. The Bertz CT molecular complexity index is 855. The van der Waals surface area contributed by atoms with Gasteiger partial charge in [-0.3, -0.25) is 4.79 Å². The summed E-state index contributed by atoms with van der Waals surface area (Å²) in [5.41, 5.74) is 2.56. The molecule has 1 unspecified atom stereocenters. The number of halogens is 1. The number of hydrogen-bond donors (Lipinski definition) is 1. The number of hydrogen-bond acceptors (Lipinski definition) is 4. The molecule has 1 aromatic carbocycles. The minimum Gasteiger partial charge on any atom is -0.449 e. The predicted octanol–water partition coefficient (Wildman–Crippen LogP) is 4.49. The SMILES string of the molecule is Cc1c(C(=O)NCC(c2ccsc2)N(C)C)oc2c(Cl)cccc12. The lowest BCUT2D eigenvalue weighted by Crippen LogP contribution is -2.34. The van der Waals surface area contributed by atoms with Crippen molar-refractivity contribution < 1.29 is 9.21 Å². The van der Waals surface area contributed by atoms with Crippen LogP contribution in [0.25, 0.3) is 11.0 Å². The number of amides is 1. The molecule has 0 aliphatic heterocycles.